The zero-order valence-electron chi connectivity index (χ0n) is 9.74. The van der Waals surface area contributed by atoms with Crippen molar-refractivity contribution in [2.45, 2.75) is 50.3 Å². The number of benzene rings is 1. The smallest absolute Gasteiger partial charge is 0.105 e. The van der Waals surface area contributed by atoms with Crippen LogP contribution < -0.4 is 5.32 Å². The Hall–Kier alpha value is -0.860. The van der Waals surface area contributed by atoms with Gasteiger partial charge >= 0.3 is 0 Å². The van der Waals surface area contributed by atoms with Gasteiger partial charge in [-0.05, 0) is 43.7 Å². The van der Waals surface area contributed by atoms with Crippen LogP contribution in [0.1, 0.15) is 43.2 Å². The summed E-state index contributed by atoms with van der Waals surface area (Å²) in [5.74, 6) is 0.570. The minimum Gasteiger partial charge on any atom is -0.379 e. The average Bonchev–Trinajstić information content (AvgIpc) is 2.27. The van der Waals surface area contributed by atoms with Crippen LogP contribution in [0.15, 0.2) is 24.3 Å². The van der Waals surface area contributed by atoms with Crippen LogP contribution in [0.5, 0.6) is 0 Å². The first-order valence-electron chi connectivity index (χ1n) is 6.23. The van der Waals surface area contributed by atoms with Crippen molar-refractivity contribution >= 4 is 0 Å². The molecule has 0 spiro atoms. The molecule has 0 radical (unpaired) electrons. The Bertz CT molecular complexity index is 403. The Morgan fingerprint density at radius 2 is 2.12 bits per heavy atom. The van der Waals surface area contributed by atoms with Gasteiger partial charge in [0.2, 0.25) is 0 Å². The SMILES string of the molecule is CC12CCc3ccccc3C1CCC(O)N2. The average molecular weight is 217 g/mol. The van der Waals surface area contributed by atoms with Crippen LogP contribution in [0, 0.1) is 0 Å². The van der Waals surface area contributed by atoms with Crippen LogP contribution in [-0.2, 0) is 6.42 Å². The highest BCUT2D eigenvalue weighted by atomic mass is 16.3. The van der Waals surface area contributed by atoms with E-state index in [0.29, 0.717) is 5.92 Å². The van der Waals surface area contributed by atoms with Crippen molar-refractivity contribution in [3.05, 3.63) is 35.4 Å². The molecule has 1 aliphatic carbocycles. The third-order valence-electron chi connectivity index (χ3n) is 4.34. The van der Waals surface area contributed by atoms with Crippen molar-refractivity contribution < 1.29 is 5.11 Å². The van der Waals surface area contributed by atoms with Crippen LogP contribution >= 0.6 is 0 Å². The second-order valence-corrected chi connectivity index (χ2v) is 5.41. The lowest BCUT2D eigenvalue weighted by Gasteiger charge is -2.48. The van der Waals surface area contributed by atoms with Crippen molar-refractivity contribution in [2.24, 2.45) is 0 Å². The van der Waals surface area contributed by atoms with E-state index in [1.54, 1.807) is 0 Å². The summed E-state index contributed by atoms with van der Waals surface area (Å²) in [6.45, 7) is 2.26. The molecule has 2 N–H and O–H groups in total. The Balaban J connectivity index is 2.01. The molecule has 0 aromatic heterocycles. The van der Waals surface area contributed by atoms with E-state index in [-0.39, 0.29) is 11.8 Å². The monoisotopic (exact) mass is 217 g/mol. The predicted molar refractivity (Wildman–Crippen MR) is 64.3 cm³/mol. The largest absolute Gasteiger partial charge is 0.379 e. The van der Waals surface area contributed by atoms with Gasteiger partial charge in [-0.15, -0.1) is 0 Å². The maximum absolute atomic E-state index is 9.75. The van der Waals surface area contributed by atoms with Crippen LogP contribution in [0.2, 0.25) is 0 Å². The molecule has 1 heterocycles. The normalized spacial score (nSPS) is 37.6. The van der Waals surface area contributed by atoms with Crippen LogP contribution in [0.4, 0.5) is 0 Å². The van der Waals surface area contributed by atoms with Crippen LogP contribution in [0.25, 0.3) is 0 Å². The molecule has 86 valence electrons. The summed E-state index contributed by atoms with van der Waals surface area (Å²) in [6.07, 6.45) is 3.91. The molecular weight excluding hydrogens is 198 g/mol. The van der Waals surface area contributed by atoms with Gasteiger partial charge in [-0.1, -0.05) is 24.3 Å². The summed E-state index contributed by atoms with van der Waals surface area (Å²) in [5.41, 5.74) is 3.09. The van der Waals surface area contributed by atoms with Crippen molar-refractivity contribution in [2.75, 3.05) is 0 Å². The van der Waals surface area contributed by atoms with E-state index in [1.165, 1.54) is 11.1 Å². The molecular formula is C14H19NO. The number of nitrogens with one attached hydrogen (secondary N) is 1. The third kappa shape index (κ3) is 1.48. The molecule has 3 rings (SSSR count). The molecule has 0 saturated carbocycles. The zero-order valence-corrected chi connectivity index (χ0v) is 9.74. The van der Waals surface area contributed by atoms with Gasteiger partial charge in [0, 0.05) is 11.5 Å². The number of aliphatic hydroxyl groups is 1. The van der Waals surface area contributed by atoms with E-state index in [0.717, 1.165) is 25.7 Å². The molecule has 2 heteroatoms. The van der Waals surface area contributed by atoms with E-state index in [1.807, 2.05) is 0 Å². The van der Waals surface area contributed by atoms with Gasteiger partial charge in [0.25, 0.3) is 0 Å². The van der Waals surface area contributed by atoms with Gasteiger partial charge < -0.3 is 5.11 Å². The second-order valence-electron chi connectivity index (χ2n) is 5.41. The number of rotatable bonds is 0. The van der Waals surface area contributed by atoms with E-state index in [2.05, 4.69) is 36.5 Å². The lowest BCUT2D eigenvalue weighted by Crippen LogP contribution is -2.57. The summed E-state index contributed by atoms with van der Waals surface area (Å²) in [5, 5.41) is 13.1. The molecule has 3 unspecified atom stereocenters. The summed E-state index contributed by atoms with van der Waals surface area (Å²) in [7, 11) is 0. The lowest BCUT2D eigenvalue weighted by atomic mass is 9.67. The topological polar surface area (TPSA) is 32.3 Å². The number of aliphatic hydroxyl groups excluding tert-OH is 1. The predicted octanol–water partition coefficient (Wildman–Crippen LogP) is 2.18. The highest BCUT2D eigenvalue weighted by Gasteiger charge is 2.42. The van der Waals surface area contributed by atoms with Crippen molar-refractivity contribution in [1.82, 2.24) is 5.32 Å². The molecule has 1 aliphatic heterocycles. The number of aryl methyl sites for hydroxylation is 1. The van der Waals surface area contributed by atoms with Gasteiger partial charge in [-0.3, -0.25) is 5.32 Å². The Kier molecular flexibility index (Phi) is 2.30. The van der Waals surface area contributed by atoms with Gasteiger partial charge in [-0.25, -0.2) is 0 Å². The van der Waals surface area contributed by atoms with Gasteiger partial charge in [0.15, 0.2) is 0 Å². The fourth-order valence-electron chi connectivity index (χ4n) is 3.44. The summed E-state index contributed by atoms with van der Waals surface area (Å²) < 4.78 is 0. The first-order chi connectivity index (χ1) is 7.69. The minimum atomic E-state index is -0.313. The van der Waals surface area contributed by atoms with Gasteiger partial charge in [0.1, 0.15) is 6.23 Å². The van der Waals surface area contributed by atoms with Crippen molar-refractivity contribution in [1.29, 1.82) is 0 Å². The quantitative estimate of drug-likeness (QED) is 0.698. The van der Waals surface area contributed by atoms with Gasteiger partial charge in [-0.2, -0.15) is 0 Å². The van der Waals surface area contributed by atoms with Crippen LogP contribution in [-0.4, -0.2) is 16.9 Å². The van der Waals surface area contributed by atoms with E-state index in [4.69, 9.17) is 0 Å². The standard InChI is InChI=1S/C14H19NO/c1-14-9-8-10-4-2-3-5-11(10)12(14)6-7-13(16)15-14/h2-5,12-13,15-16H,6-9H2,1H3. The Morgan fingerprint density at radius 1 is 1.31 bits per heavy atom. The highest BCUT2D eigenvalue weighted by molar-refractivity contribution is 5.36. The molecule has 2 aliphatic rings. The molecule has 1 fully saturated rings. The first kappa shape index (κ1) is 10.3. The minimum absolute atomic E-state index is 0.0893. The molecule has 16 heavy (non-hydrogen) atoms. The molecule has 1 aromatic carbocycles. The number of piperidine rings is 1. The Morgan fingerprint density at radius 3 is 3.00 bits per heavy atom. The van der Waals surface area contributed by atoms with E-state index < -0.39 is 0 Å². The number of fused-ring (bicyclic) bond motifs is 3. The van der Waals surface area contributed by atoms with E-state index in [9.17, 15) is 5.11 Å². The van der Waals surface area contributed by atoms with Crippen molar-refractivity contribution in [3.8, 4) is 0 Å². The molecule has 0 amide bonds. The maximum atomic E-state index is 9.75. The summed E-state index contributed by atoms with van der Waals surface area (Å²) in [4.78, 5) is 0. The second kappa shape index (κ2) is 3.57. The molecule has 1 saturated heterocycles. The first-order valence-corrected chi connectivity index (χ1v) is 6.23. The van der Waals surface area contributed by atoms with Crippen molar-refractivity contribution in [3.63, 3.8) is 0 Å². The summed E-state index contributed by atoms with van der Waals surface area (Å²) >= 11 is 0. The fourth-order valence-corrected chi connectivity index (χ4v) is 3.44. The van der Waals surface area contributed by atoms with E-state index >= 15 is 0 Å². The lowest BCUT2D eigenvalue weighted by molar-refractivity contribution is 0.0330. The fraction of sp³-hybridized carbons (Fsp3) is 0.571. The third-order valence-corrected chi connectivity index (χ3v) is 4.34. The molecule has 1 aromatic rings. The van der Waals surface area contributed by atoms with Crippen LogP contribution in [0.3, 0.4) is 0 Å². The number of hydrogen-bond acceptors (Lipinski definition) is 2. The number of hydrogen-bond donors (Lipinski definition) is 2. The summed E-state index contributed by atoms with van der Waals surface area (Å²) in [6, 6.07) is 8.78. The highest BCUT2D eigenvalue weighted by Crippen LogP contribution is 2.44. The Labute approximate surface area is 96.7 Å². The maximum Gasteiger partial charge on any atom is 0.105 e. The molecule has 2 nitrogen and oxygen atoms in total. The molecule has 3 atom stereocenters. The van der Waals surface area contributed by atoms with Gasteiger partial charge in [0.05, 0.1) is 0 Å². The molecule has 0 bridgehead atoms. The zero-order chi connectivity index (χ0) is 11.2.